The van der Waals surface area contributed by atoms with Gasteiger partial charge in [0.25, 0.3) is 10.0 Å². The van der Waals surface area contributed by atoms with Crippen LogP contribution in [0, 0.1) is 0 Å². The minimum Gasteiger partial charge on any atom is -0.506 e. The number of phenols is 1. The quantitative estimate of drug-likeness (QED) is 0.523. The van der Waals surface area contributed by atoms with Crippen molar-refractivity contribution in [1.29, 1.82) is 0 Å². The molecule has 0 fully saturated rings. The highest BCUT2D eigenvalue weighted by Crippen LogP contribution is 2.29. The second kappa shape index (κ2) is 5.63. The summed E-state index contributed by atoms with van der Waals surface area (Å²) in [7, 11) is -3.78. The van der Waals surface area contributed by atoms with Gasteiger partial charge in [-0.15, -0.1) is 0 Å². The lowest BCUT2D eigenvalue weighted by Gasteiger charge is -2.11. The first kappa shape index (κ1) is 15.1. The van der Waals surface area contributed by atoms with Crippen molar-refractivity contribution in [3.8, 4) is 5.75 Å². The number of nitrogens with one attached hydrogen (secondary N) is 1. The van der Waals surface area contributed by atoms with Crippen LogP contribution in [0.5, 0.6) is 5.75 Å². The van der Waals surface area contributed by atoms with E-state index in [1.54, 1.807) is 18.2 Å². The Hall–Kier alpha value is -1.25. The van der Waals surface area contributed by atoms with E-state index in [4.69, 9.17) is 5.73 Å². The van der Waals surface area contributed by atoms with Crippen LogP contribution in [0.25, 0.3) is 0 Å². The molecule has 0 aliphatic rings. The van der Waals surface area contributed by atoms with Gasteiger partial charge in [0, 0.05) is 8.95 Å². The first-order valence-corrected chi connectivity index (χ1v) is 8.43. The number of sulfonamides is 1. The van der Waals surface area contributed by atoms with Crippen molar-refractivity contribution in [2.45, 2.75) is 4.90 Å². The third-order valence-electron chi connectivity index (χ3n) is 2.48. The molecule has 0 saturated heterocycles. The largest absolute Gasteiger partial charge is 0.506 e. The maximum Gasteiger partial charge on any atom is 0.262 e. The van der Waals surface area contributed by atoms with Gasteiger partial charge in [-0.25, -0.2) is 8.42 Å². The molecule has 2 rings (SSSR count). The van der Waals surface area contributed by atoms with Gasteiger partial charge in [-0.05, 0) is 52.3 Å². The number of nitrogen functional groups attached to an aromatic ring is 1. The van der Waals surface area contributed by atoms with E-state index >= 15 is 0 Å². The summed E-state index contributed by atoms with van der Waals surface area (Å²) in [6, 6.07) is 8.84. The summed E-state index contributed by atoms with van der Waals surface area (Å²) in [6.07, 6.45) is 0. The zero-order valence-corrected chi connectivity index (χ0v) is 14.0. The number of nitrogens with two attached hydrogens (primary N) is 1. The summed E-state index contributed by atoms with van der Waals surface area (Å²) in [5, 5.41) is 9.33. The van der Waals surface area contributed by atoms with E-state index < -0.39 is 10.0 Å². The molecule has 0 saturated carbocycles. The molecule has 0 heterocycles. The number of anilines is 2. The highest BCUT2D eigenvalue weighted by atomic mass is 79.9. The Morgan fingerprint density at radius 3 is 2.45 bits per heavy atom. The van der Waals surface area contributed by atoms with Gasteiger partial charge in [0.1, 0.15) is 5.75 Å². The predicted molar refractivity (Wildman–Crippen MR) is 85.2 cm³/mol. The van der Waals surface area contributed by atoms with E-state index in [0.717, 1.165) is 4.47 Å². The van der Waals surface area contributed by atoms with E-state index in [-0.39, 0.29) is 16.3 Å². The third-order valence-corrected chi connectivity index (χ3v) is 5.03. The Bertz CT molecular complexity index is 763. The minimum atomic E-state index is -3.78. The number of hydrogen-bond donors (Lipinski definition) is 3. The second-order valence-corrected chi connectivity index (χ2v) is 7.40. The maximum absolute atomic E-state index is 12.2. The molecule has 0 bridgehead atoms. The average Bonchev–Trinajstić information content (AvgIpc) is 2.36. The fraction of sp³-hybridized carbons (Fsp3) is 0. The van der Waals surface area contributed by atoms with Crippen molar-refractivity contribution in [2.75, 3.05) is 10.5 Å². The number of hydrogen-bond acceptors (Lipinski definition) is 4. The Balaban J connectivity index is 2.40. The van der Waals surface area contributed by atoms with Crippen molar-refractivity contribution in [3.05, 3.63) is 45.3 Å². The molecule has 2 aromatic rings. The van der Waals surface area contributed by atoms with E-state index in [0.29, 0.717) is 10.2 Å². The fourth-order valence-electron chi connectivity index (χ4n) is 1.48. The molecule has 106 valence electrons. The molecule has 20 heavy (non-hydrogen) atoms. The molecule has 0 spiro atoms. The van der Waals surface area contributed by atoms with Crippen molar-refractivity contribution in [1.82, 2.24) is 0 Å². The maximum atomic E-state index is 12.2. The predicted octanol–water partition coefficient (Wildman–Crippen LogP) is 3.30. The number of halogens is 2. The van der Waals surface area contributed by atoms with Crippen molar-refractivity contribution < 1.29 is 13.5 Å². The van der Waals surface area contributed by atoms with Gasteiger partial charge in [-0.3, -0.25) is 4.72 Å². The third kappa shape index (κ3) is 3.25. The molecule has 0 amide bonds. The van der Waals surface area contributed by atoms with Crippen molar-refractivity contribution >= 4 is 53.3 Å². The second-order valence-electron chi connectivity index (χ2n) is 3.95. The molecule has 0 aliphatic heterocycles. The molecule has 5 nitrogen and oxygen atoms in total. The van der Waals surface area contributed by atoms with Gasteiger partial charge in [0.05, 0.1) is 16.3 Å². The van der Waals surface area contributed by atoms with Gasteiger partial charge in [-0.2, -0.15) is 0 Å². The molecule has 4 N–H and O–H groups in total. The highest BCUT2D eigenvalue weighted by Gasteiger charge is 2.17. The molecular formula is C12H10Br2N2O3S. The zero-order valence-electron chi connectivity index (χ0n) is 9.97. The number of benzene rings is 2. The monoisotopic (exact) mass is 420 g/mol. The normalized spacial score (nSPS) is 11.3. The van der Waals surface area contributed by atoms with Crippen LogP contribution in [0.4, 0.5) is 11.4 Å². The van der Waals surface area contributed by atoms with Crippen LogP contribution in [-0.4, -0.2) is 13.5 Å². The summed E-state index contributed by atoms with van der Waals surface area (Å²) < 4.78 is 28.3. The van der Waals surface area contributed by atoms with Gasteiger partial charge in [0.2, 0.25) is 0 Å². The SMILES string of the molecule is Nc1cc(S(=O)(=O)Nc2cc(Br)ccc2Br)ccc1O. The molecule has 0 unspecified atom stereocenters. The molecular weight excluding hydrogens is 412 g/mol. The molecule has 2 aromatic carbocycles. The Kier molecular flexibility index (Phi) is 4.26. The van der Waals surface area contributed by atoms with E-state index in [9.17, 15) is 13.5 Å². The molecule has 0 aromatic heterocycles. The minimum absolute atomic E-state index is 0.00110. The van der Waals surface area contributed by atoms with Gasteiger partial charge >= 0.3 is 0 Å². The zero-order chi connectivity index (χ0) is 14.9. The topological polar surface area (TPSA) is 92.4 Å². The smallest absolute Gasteiger partial charge is 0.262 e. The lowest BCUT2D eigenvalue weighted by Crippen LogP contribution is -2.13. The van der Waals surface area contributed by atoms with Crippen LogP contribution < -0.4 is 10.5 Å². The lowest BCUT2D eigenvalue weighted by molar-refractivity contribution is 0.477. The standard InChI is InChI=1S/C12H10Br2N2O3S/c13-7-1-3-9(14)11(5-7)16-20(18,19)8-2-4-12(17)10(15)6-8/h1-6,16-17H,15H2. The van der Waals surface area contributed by atoms with E-state index in [1.807, 2.05) is 0 Å². The number of rotatable bonds is 3. The summed E-state index contributed by atoms with van der Waals surface area (Å²) >= 11 is 6.54. The Morgan fingerprint density at radius 1 is 1.10 bits per heavy atom. The van der Waals surface area contributed by atoms with Gasteiger partial charge in [0.15, 0.2) is 0 Å². The first-order valence-electron chi connectivity index (χ1n) is 5.36. The molecule has 0 aliphatic carbocycles. The van der Waals surface area contributed by atoms with Crippen molar-refractivity contribution in [2.24, 2.45) is 0 Å². The Morgan fingerprint density at radius 2 is 1.80 bits per heavy atom. The molecule has 0 atom stereocenters. The van der Waals surface area contributed by atoms with Crippen LogP contribution in [0.15, 0.2) is 50.2 Å². The summed E-state index contributed by atoms with van der Waals surface area (Å²) in [4.78, 5) is -0.0281. The van der Waals surface area contributed by atoms with E-state index in [1.165, 1.54) is 18.2 Å². The lowest BCUT2D eigenvalue weighted by atomic mass is 10.3. The van der Waals surface area contributed by atoms with Crippen LogP contribution in [0.1, 0.15) is 0 Å². The number of aromatic hydroxyl groups is 1. The summed E-state index contributed by atoms with van der Waals surface area (Å²) in [5.74, 6) is -0.160. The fourth-order valence-corrected chi connectivity index (χ4v) is 3.42. The van der Waals surface area contributed by atoms with E-state index in [2.05, 4.69) is 36.6 Å². The van der Waals surface area contributed by atoms with Crippen LogP contribution in [-0.2, 0) is 10.0 Å². The average molecular weight is 422 g/mol. The number of phenolic OH excluding ortho intramolecular Hbond substituents is 1. The Labute approximate surface area is 133 Å². The van der Waals surface area contributed by atoms with Crippen LogP contribution in [0.2, 0.25) is 0 Å². The van der Waals surface area contributed by atoms with Crippen LogP contribution in [0.3, 0.4) is 0 Å². The highest BCUT2D eigenvalue weighted by molar-refractivity contribution is 9.11. The molecule has 0 radical (unpaired) electrons. The van der Waals surface area contributed by atoms with Crippen LogP contribution >= 0.6 is 31.9 Å². The summed E-state index contributed by atoms with van der Waals surface area (Å²) in [6.45, 7) is 0. The molecule has 8 heteroatoms. The van der Waals surface area contributed by atoms with Gasteiger partial charge in [-0.1, -0.05) is 15.9 Å². The summed E-state index contributed by atoms with van der Waals surface area (Å²) in [5.41, 5.74) is 5.90. The van der Waals surface area contributed by atoms with Gasteiger partial charge < -0.3 is 10.8 Å². The first-order chi connectivity index (χ1) is 9.29. The van der Waals surface area contributed by atoms with Crippen molar-refractivity contribution in [3.63, 3.8) is 0 Å².